The summed E-state index contributed by atoms with van der Waals surface area (Å²) in [5.74, 6) is -0.924. The van der Waals surface area contributed by atoms with Crippen molar-refractivity contribution in [2.45, 2.75) is 31.5 Å². The summed E-state index contributed by atoms with van der Waals surface area (Å²) in [6, 6.07) is 22.7. The third-order valence-electron chi connectivity index (χ3n) is 6.32. The Kier molecular flexibility index (Phi) is 7.28. The first kappa shape index (κ1) is 25.7. The molecule has 0 fully saturated rings. The lowest BCUT2D eigenvalue weighted by Gasteiger charge is -2.20. The fraction of sp³-hybridized carbons (Fsp3) is 0.207. The Bertz CT molecular complexity index is 1570. The molecule has 5 aromatic rings. The van der Waals surface area contributed by atoms with Crippen molar-refractivity contribution >= 4 is 44.5 Å². The summed E-state index contributed by atoms with van der Waals surface area (Å²) in [7, 11) is 0. The van der Waals surface area contributed by atoms with Crippen molar-refractivity contribution in [3.8, 4) is 10.4 Å². The van der Waals surface area contributed by atoms with Crippen molar-refractivity contribution < 1.29 is 23.1 Å². The number of carbonyl (C=O) groups is 1. The highest BCUT2D eigenvalue weighted by molar-refractivity contribution is 7.22. The van der Waals surface area contributed by atoms with Gasteiger partial charge in [-0.2, -0.15) is 18.3 Å². The largest absolute Gasteiger partial charge is 0.481 e. The molecule has 194 valence electrons. The van der Waals surface area contributed by atoms with E-state index in [-0.39, 0.29) is 19.4 Å². The van der Waals surface area contributed by atoms with Crippen LogP contribution in [0.25, 0.3) is 31.4 Å². The van der Waals surface area contributed by atoms with Crippen molar-refractivity contribution in [3.05, 3.63) is 90.1 Å². The molecule has 0 bridgehead atoms. The highest BCUT2D eigenvalue weighted by Crippen LogP contribution is 2.36. The number of alkyl halides is 3. The van der Waals surface area contributed by atoms with Gasteiger partial charge in [-0.1, -0.05) is 48.5 Å². The van der Waals surface area contributed by atoms with Crippen molar-refractivity contribution in [2.24, 2.45) is 4.99 Å². The van der Waals surface area contributed by atoms with Crippen molar-refractivity contribution in [1.29, 1.82) is 0 Å². The van der Waals surface area contributed by atoms with Gasteiger partial charge >= 0.3 is 12.1 Å². The predicted molar refractivity (Wildman–Crippen MR) is 145 cm³/mol. The zero-order chi connectivity index (χ0) is 26.7. The number of hydrogen-bond donors (Lipinski definition) is 1. The Morgan fingerprint density at radius 1 is 1.05 bits per heavy atom. The molecule has 0 amide bonds. The topological polar surface area (TPSA) is 67.5 Å². The number of nitrogens with zero attached hydrogens (tertiary/aromatic N) is 3. The first-order chi connectivity index (χ1) is 18.3. The number of rotatable bonds is 9. The molecule has 5 rings (SSSR count). The van der Waals surface area contributed by atoms with E-state index >= 15 is 0 Å². The summed E-state index contributed by atoms with van der Waals surface area (Å²) in [6.07, 6.45) is -2.16. The van der Waals surface area contributed by atoms with Crippen LogP contribution in [0.15, 0.2) is 84.0 Å². The van der Waals surface area contributed by atoms with Gasteiger partial charge < -0.3 is 5.11 Å². The Balaban J connectivity index is 1.44. The summed E-state index contributed by atoms with van der Waals surface area (Å²) in [5, 5.41) is 15.3. The van der Waals surface area contributed by atoms with Crippen molar-refractivity contribution in [3.63, 3.8) is 0 Å². The standard InChI is InChI=1S/C29H24F3N3O2S/c30-29(31,32)13-11-25(20-7-5-19(6-8-20)17-33-14-12-28(36)37)35-24-10-9-22(15-23(24)18-34-35)27-16-21-3-1-2-4-26(21)38-27/h1-10,15-18,25H,11-14H2,(H,36,37). The van der Waals surface area contributed by atoms with Crippen LogP contribution in [0.4, 0.5) is 13.2 Å². The number of aliphatic carboxylic acids is 1. The number of carboxylic acid groups (broad SMARTS) is 1. The van der Waals surface area contributed by atoms with E-state index in [1.807, 2.05) is 30.3 Å². The quantitative estimate of drug-likeness (QED) is 0.196. The minimum absolute atomic E-state index is 0.0644. The molecular weight excluding hydrogens is 511 g/mol. The third-order valence-corrected chi connectivity index (χ3v) is 7.48. The van der Waals surface area contributed by atoms with E-state index in [2.05, 4.69) is 28.3 Å². The Morgan fingerprint density at radius 3 is 2.58 bits per heavy atom. The molecule has 38 heavy (non-hydrogen) atoms. The van der Waals surface area contributed by atoms with Crippen LogP contribution >= 0.6 is 11.3 Å². The summed E-state index contributed by atoms with van der Waals surface area (Å²) in [6.45, 7) is 0.161. The van der Waals surface area contributed by atoms with E-state index in [1.54, 1.807) is 52.7 Å². The summed E-state index contributed by atoms with van der Waals surface area (Å²) < 4.78 is 42.5. The second-order valence-electron chi connectivity index (χ2n) is 9.03. The first-order valence-corrected chi connectivity index (χ1v) is 12.9. The third kappa shape index (κ3) is 5.94. The Hall–Kier alpha value is -3.98. The number of fused-ring (bicyclic) bond motifs is 2. The van der Waals surface area contributed by atoms with Crippen LogP contribution in [0, 0.1) is 0 Å². The van der Waals surface area contributed by atoms with Crippen LogP contribution in [-0.4, -0.2) is 39.8 Å². The van der Waals surface area contributed by atoms with Crippen LogP contribution in [0.3, 0.4) is 0 Å². The molecule has 0 radical (unpaired) electrons. The smallest absolute Gasteiger partial charge is 0.389 e. The molecular formula is C29H24F3N3O2S. The van der Waals surface area contributed by atoms with Crippen molar-refractivity contribution in [2.75, 3.05) is 6.54 Å². The van der Waals surface area contributed by atoms with Crippen molar-refractivity contribution in [1.82, 2.24) is 9.78 Å². The van der Waals surface area contributed by atoms with Gasteiger partial charge in [0.1, 0.15) is 0 Å². The number of thiophene rings is 1. The molecule has 0 aliphatic carbocycles. The average Bonchev–Trinajstić information content (AvgIpc) is 3.51. The van der Waals surface area contributed by atoms with E-state index in [1.165, 1.54) is 10.1 Å². The molecule has 0 spiro atoms. The van der Waals surface area contributed by atoms with E-state index in [4.69, 9.17) is 5.11 Å². The molecule has 5 nitrogen and oxygen atoms in total. The summed E-state index contributed by atoms with van der Waals surface area (Å²) in [5.41, 5.74) is 3.25. The zero-order valence-corrected chi connectivity index (χ0v) is 21.0. The van der Waals surface area contributed by atoms with Crippen LogP contribution in [0.1, 0.15) is 36.4 Å². The van der Waals surface area contributed by atoms with E-state index < -0.39 is 24.6 Å². The number of aliphatic imine (C=N–C) groups is 1. The predicted octanol–water partition coefficient (Wildman–Crippen LogP) is 7.74. The second-order valence-corrected chi connectivity index (χ2v) is 10.1. The van der Waals surface area contributed by atoms with E-state index in [9.17, 15) is 18.0 Å². The SMILES string of the molecule is O=C(O)CCN=Cc1ccc(C(CCC(F)(F)F)n2ncc3cc(-c4cc5ccccc5s4)ccc32)cc1. The fourth-order valence-corrected chi connectivity index (χ4v) is 5.50. The minimum Gasteiger partial charge on any atom is -0.481 e. The maximum Gasteiger partial charge on any atom is 0.389 e. The van der Waals surface area contributed by atoms with Crippen LogP contribution in [0.2, 0.25) is 0 Å². The average molecular weight is 536 g/mol. The number of benzene rings is 3. The number of hydrogen-bond acceptors (Lipinski definition) is 4. The van der Waals surface area contributed by atoms with E-state index in [0.717, 1.165) is 26.9 Å². The Labute approximate surface area is 220 Å². The van der Waals surface area contributed by atoms with Gasteiger partial charge in [-0.05, 0) is 52.8 Å². The molecule has 1 N–H and O–H groups in total. The summed E-state index contributed by atoms with van der Waals surface area (Å²) >= 11 is 1.70. The van der Waals surface area contributed by atoms with Gasteiger partial charge in [-0.3, -0.25) is 14.5 Å². The highest BCUT2D eigenvalue weighted by atomic mass is 32.1. The summed E-state index contributed by atoms with van der Waals surface area (Å²) in [4.78, 5) is 15.8. The normalized spacial score (nSPS) is 13.0. The van der Waals surface area contributed by atoms with E-state index in [0.29, 0.717) is 5.56 Å². The highest BCUT2D eigenvalue weighted by Gasteiger charge is 2.30. The zero-order valence-electron chi connectivity index (χ0n) is 20.2. The molecule has 0 saturated carbocycles. The van der Waals surface area contributed by atoms with Gasteiger partial charge in [0.15, 0.2) is 0 Å². The van der Waals surface area contributed by atoms with Gasteiger partial charge in [-0.15, -0.1) is 11.3 Å². The number of carboxylic acids is 1. The minimum atomic E-state index is -4.29. The number of aromatic nitrogens is 2. The van der Waals surface area contributed by atoms with Gasteiger partial charge in [0, 0.05) is 34.1 Å². The molecule has 3 aromatic carbocycles. The fourth-order valence-electron chi connectivity index (χ4n) is 4.44. The van der Waals surface area contributed by atoms with Crippen LogP contribution in [-0.2, 0) is 4.79 Å². The van der Waals surface area contributed by atoms with Gasteiger partial charge in [0.2, 0.25) is 0 Å². The second kappa shape index (κ2) is 10.8. The molecule has 0 aliphatic rings. The molecule has 1 unspecified atom stereocenters. The molecule has 2 aromatic heterocycles. The van der Waals surface area contributed by atoms with Gasteiger partial charge in [-0.25, -0.2) is 0 Å². The lowest BCUT2D eigenvalue weighted by molar-refractivity contribution is -0.137. The molecule has 0 saturated heterocycles. The molecule has 9 heteroatoms. The molecule has 2 heterocycles. The molecule has 1 atom stereocenters. The lowest BCUT2D eigenvalue weighted by atomic mass is 10.00. The number of halogens is 3. The monoisotopic (exact) mass is 535 g/mol. The van der Waals surface area contributed by atoms with Gasteiger partial charge in [0.25, 0.3) is 0 Å². The van der Waals surface area contributed by atoms with Crippen LogP contribution in [0.5, 0.6) is 0 Å². The maximum absolute atomic E-state index is 13.2. The van der Waals surface area contributed by atoms with Gasteiger partial charge in [0.05, 0.1) is 24.2 Å². The Morgan fingerprint density at radius 2 is 1.84 bits per heavy atom. The maximum atomic E-state index is 13.2. The molecule has 0 aliphatic heterocycles. The van der Waals surface area contributed by atoms with Crippen LogP contribution < -0.4 is 0 Å². The lowest BCUT2D eigenvalue weighted by Crippen LogP contribution is -2.16. The first-order valence-electron chi connectivity index (χ1n) is 12.1.